The number of hydrogen-bond acceptors (Lipinski definition) is 0. The number of hydrogen-bond donors (Lipinski definition) is 0. The van der Waals surface area contributed by atoms with Crippen LogP contribution in [0.25, 0.3) is 0 Å². The predicted molar refractivity (Wildman–Crippen MR) is 105 cm³/mol. The minimum absolute atomic E-state index is 1.21. The van der Waals surface area contributed by atoms with Crippen LogP contribution in [0, 0.1) is 0 Å². The highest BCUT2D eigenvalue weighted by Gasteiger charge is 2.15. The van der Waals surface area contributed by atoms with E-state index in [1.54, 1.807) is 5.82 Å². The van der Waals surface area contributed by atoms with Crippen LogP contribution in [-0.4, -0.2) is 4.57 Å². The molecular formula is C22H43N2+. The highest BCUT2D eigenvalue weighted by Crippen LogP contribution is 2.09. The maximum Gasteiger partial charge on any atom is 0.256 e. The van der Waals surface area contributed by atoms with Gasteiger partial charge in [-0.25, -0.2) is 9.13 Å². The van der Waals surface area contributed by atoms with Crippen molar-refractivity contribution in [1.29, 1.82) is 0 Å². The Morgan fingerprint density at radius 3 is 1.96 bits per heavy atom. The SMILES string of the molecule is CCCCCCCC[n+]1ccn(CCCCCCC)c1CCCC. The highest BCUT2D eigenvalue weighted by atomic mass is 15.1. The average molecular weight is 336 g/mol. The molecular weight excluding hydrogens is 292 g/mol. The van der Waals surface area contributed by atoms with E-state index in [4.69, 9.17) is 0 Å². The summed E-state index contributed by atoms with van der Waals surface area (Å²) in [4.78, 5) is 0. The molecule has 140 valence electrons. The summed E-state index contributed by atoms with van der Waals surface area (Å²) < 4.78 is 5.08. The third-order valence-corrected chi connectivity index (χ3v) is 5.10. The second-order valence-electron chi connectivity index (χ2n) is 7.39. The van der Waals surface area contributed by atoms with Crippen LogP contribution in [0.4, 0.5) is 0 Å². The van der Waals surface area contributed by atoms with Gasteiger partial charge in [0.1, 0.15) is 12.4 Å². The molecule has 1 aromatic rings. The largest absolute Gasteiger partial charge is 0.256 e. The molecule has 0 fully saturated rings. The number of unbranched alkanes of at least 4 members (excludes halogenated alkanes) is 10. The quantitative estimate of drug-likeness (QED) is 0.242. The van der Waals surface area contributed by atoms with E-state index >= 15 is 0 Å². The third kappa shape index (κ3) is 8.89. The molecule has 0 saturated heterocycles. The van der Waals surface area contributed by atoms with E-state index in [9.17, 15) is 0 Å². The zero-order valence-corrected chi connectivity index (χ0v) is 16.9. The second-order valence-corrected chi connectivity index (χ2v) is 7.39. The first-order chi connectivity index (χ1) is 11.8. The molecule has 0 atom stereocenters. The first-order valence-corrected chi connectivity index (χ1v) is 10.9. The topological polar surface area (TPSA) is 8.81 Å². The number of nitrogens with zero attached hydrogens (tertiary/aromatic N) is 2. The molecule has 0 amide bonds. The van der Waals surface area contributed by atoms with Gasteiger partial charge in [0, 0.05) is 6.42 Å². The molecule has 0 aromatic carbocycles. The van der Waals surface area contributed by atoms with Gasteiger partial charge < -0.3 is 0 Å². The lowest BCUT2D eigenvalue weighted by Crippen LogP contribution is -2.37. The maximum atomic E-state index is 2.54. The molecule has 1 aromatic heterocycles. The van der Waals surface area contributed by atoms with Crippen molar-refractivity contribution in [3.63, 3.8) is 0 Å². The van der Waals surface area contributed by atoms with Crippen molar-refractivity contribution in [1.82, 2.24) is 4.57 Å². The lowest BCUT2D eigenvalue weighted by molar-refractivity contribution is -0.704. The molecule has 0 aliphatic rings. The van der Waals surface area contributed by atoms with Crippen LogP contribution in [0.2, 0.25) is 0 Å². The van der Waals surface area contributed by atoms with Crippen molar-refractivity contribution in [2.24, 2.45) is 0 Å². The van der Waals surface area contributed by atoms with E-state index in [2.05, 4.69) is 42.3 Å². The number of aromatic nitrogens is 2. The van der Waals surface area contributed by atoms with Crippen LogP contribution in [-0.2, 0) is 19.5 Å². The van der Waals surface area contributed by atoms with E-state index in [1.165, 1.54) is 103 Å². The van der Waals surface area contributed by atoms with Gasteiger partial charge in [0.25, 0.3) is 5.82 Å². The fraction of sp³-hybridized carbons (Fsp3) is 0.864. The lowest BCUT2D eigenvalue weighted by atomic mass is 10.1. The second kappa shape index (κ2) is 14.5. The summed E-state index contributed by atoms with van der Waals surface area (Å²) >= 11 is 0. The third-order valence-electron chi connectivity index (χ3n) is 5.10. The van der Waals surface area contributed by atoms with Gasteiger partial charge in [0.15, 0.2) is 0 Å². The molecule has 0 radical (unpaired) electrons. The summed E-state index contributed by atoms with van der Waals surface area (Å²) in [5, 5.41) is 0. The van der Waals surface area contributed by atoms with Crippen LogP contribution >= 0.6 is 0 Å². The van der Waals surface area contributed by atoms with Crippen LogP contribution in [0.3, 0.4) is 0 Å². The van der Waals surface area contributed by atoms with Crippen molar-refractivity contribution in [3.05, 3.63) is 18.2 Å². The van der Waals surface area contributed by atoms with Crippen molar-refractivity contribution >= 4 is 0 Å². The summed E-state index contributed by atoms with van der Waals surface area (Å²) in [6, 6.07) is 0. The smallest absolute Gasteiger partial charge is 0.234 e. The van der Waals surface area contributed by atoms with Crippen LogP contribution in [0.1, 0.15) is 110 Å². The minimum Gasteiger partial charge on any atom is -0.234 e. The van der Waals surface area contributed by atoms with Gasteiger partial charge in [-0.2, -0.15) is 0 Å². The van der Waals surface area contributed by atoms with Crippen LogP contribution in [0.15, 0.2) is 12.4 Å². The molecule has 0 N–H and O–H groups in total. The zero-order chi connectivity index (χ0) is 17.5. The summed E-state index contributed by atoms with van der Waals surface area (Å²) in [7, 11) is 0. The van der Waals surface area contributed by atoms with Gasteiger partial charge in [-0.05, 0) is 32.1 Å². The molecule has 0 aliphatic carbocycles. The fourth-order valence-electron chi connectivity index (χ4n) is 3.48. The Bertz CT molecular complexity index is 395. The Labute approximate surface area is 151 Å². The van der Waals surface area contributed by atoms with Gasteiger partial charge in [0.2, 0.25) is 0 Å². The van der Waals surface area contributed by atoms with Crippen LogP contribution < -0.4 is 4.57 Å². The predicted octanol–water partition coefficient (Wildman–Crippen LogP) is 6.45. The molecule has 1 rings (SSSR count). The van der Waals surface area contributed by atoms with E-state index < -0.39 is 0 Å². The Hall–Kier alpha value is -0.790. The van der Waals surface area contributed by atoms with Gasteiger partial charge in [-0.3, -0.25) is 0 Å². The van der Waals surface area contributed by atoms with Gasteiger partial charge >= 0.3 is 0 Å². The number of imidazole rings is 1. The monoisotopic (exact) mass is 335 g/mol. The number of aryl methyl sites for hydroxylation is 2. The van der Waals surface area contributed by atoms with Gasteiger partial charge in [-0.15, -0.1) is 0 Å². The Kier molecular flexibility index (Phi) is 12.9. The maximum absolute atomic E-state index is 2.54. The molecule has 24 heavy (non-hydrogen) atoms. The van der Waals surface area contributed by atoms with Crippen molar-refractivity contribution < 1.29 is 4.57 Å². The van der Waals surface area contributed by atoms with E-state index in [1.807, 2.05) is 0 Å². The number of rotatable bonds is 16. The summed E-state index contributed by atoms with van der Waals surface area (Å²) in [6.07, 6.45) is 23.7. The molecule has 0 spiro atoms. The van der Waals surface area contributed by atoms with E-state index in [0.29, 0.717) is 0 Å². The molecule has 0 bridgehead atoms. The Morgan fingerprint density at radius 1 is 0.708 bits per heavy atom. The Morgan fingerprint density at radius 2 is 1.29 bits per heavy atom. The van der Waals surface area contributed by atoms with Crippen molar-refractivity contribution in [2.45, 2.75) is 124 Å². The van der Waals surface area contributed by atoms with E-state index in [-0.39, 0.29) is 0 Å². The van der Waals surface area contributed by atoms with E-state index in [0.717, 1.165) is 0 Å². The normalized spacial score (nSPS) is 11.3. The summed E-state index contributed by atoms with van der Waals surface area (Å²) in [6.45, 7) is 9.32. The molecule has 0 aliphatic heterocycles. The average Bonchev–Trinajstić information content (AvgIpc) is 2.98. The van der Waals surface area contributed by atoms with Gasteiger partial charge in [-0.1, -0.05) is 72.1 Å². The minimum atomic E-state index is 1.21. The fourth-order valence-corrected chi connectivity index (χ4v) is 3.48. The summed E-state index contributed by atoms with van der Waals surface area (Å²) in [5.41, 5.74) is 0. The first kappa shape index (κ1) is 21.3. The molecule has 2 heteroatoms. The molecule has 0 unspecified atom stereocenters. The molecule has 0 saturated carbocycles. The first-order valence-electron chi connectivity index (χ1n) is 10.9. The lowest BCUT2D eigenvalue weighted by Gasteiger charge is -2.06. The molecule has 1 heterocycles. The van der Waals surface area contributed by atoms with Crippen LogP contribution in [0.5, 0.6) is 0 Å². The Balaban J connectivity index is 2.42. The summed E-state index contributed by atoms with van der Waals surface area (Å²) in [5.74, 6) is 1.57. The standard InChI is InChI=1S/C22H43N2/c1-4-7-10-12-14-16-19-24-21-20-23(22(24)17-9-6-3)18-15-13-11-8-5-2/h20-21H,4-19H2,1-3H3/q+1. The van der Waals surface area contributed by atoms with Crippen molar-refractivity contribution in [3.8, 4) is 0 Å². The van der Waals surface area contributed by atoms with Gasteiger partial charge in [0.05, 0.1) is 13.1 Å². The van der Waals surface area contributed by atoms with Crippen molar-refractivity contribution in [2.75, 3.05) is 0 Å². The molecule has 2 nitrogen and oxygen atoms in total. The zero-order valence-electron chi connectivity index (χ0n) is 16.9. The highest BCUT2D eigenvalue weighted by molar-refractivity contribution is 4.84.